The molecule has 2 aromatic carbocycles. The van der Waals surface area contributed by atoms with Crippen LogP contribution in [0.4, 0.5) is 0 Å². The van der Waals surface area contributed by atoms with Gasteiger partial charge in [0.15, 0.2) is 0 Å². The lowest BCUT2D eigenvalue weighted by atomic mass is 9.79. The van der Waals surface area contributed by atoms with Crippen LogP contribution in [0, 0.1) is 5.41 Å². The number of hydrogen-bond acceptors (Lipinski definition) is 5. The van der Waals surface area contributed by atoms with Gasteiger partial charge in [-0.25, -0.2) is 0 Å². The topological polar surface area (TPSA) is 122 Å². The van der Waals surface area contributed by atoms with Gasteiger partial charge in [0, 0.05) is 19.8 Å². The van der Waals surface area contributed by atoms with E-state index in [1.165, 1.54) is 7.11 Å². The van der Waals surface area contributed by atoms with E-state index in [1.54, 1.807) is 6.92 Å². The summed E-state index contributed by atoms with van der Waals surface area (Å²) < 4.78 is 9.99. The Labute approximate surface area is 191 Å². The zero-order valence-corrected chi connectivity index (χ0v) is 18.7. The van der Waals surface area contributed by atoms with Crippen LogP contribution in [-0.2, 0) is 16.0 Å². The fourth-order valence-corrected chi connectivity index (χ4v) is 3.74. The van der Waals surface area contributed by atoms with Crippen LogP contribution in [-0.4, -0.2) is 41.9 Å². The number of aliphatic carboxylic acids is 1. The van der Waals surface area contributed by atoms with E-state index in [2.05, 4.69) is 10.5 Å². The molecule has 0 fully saturated rings. The van der Waals surface area contributed by atoms with E-state index in [-0.39, 0.29) is 25.2 Å². The van der Waals surface area contributed by atoms with Gasteiger partial charge < -0.3 is 19.7 Å². The highest BCUT2D eigenvalue weighted by Gasteiger charge is 2.36. The maximum atomic E-state index is 12.6. The molecule has 0 aliphatic heterocycles. The molecule has 0 unspecified atom stereocenters. The molecule has 2 atom stereocenters. The number of rotatable bonds is 11. The molecule has 8 heteroatoms. The maximum absolute atomic E-state index is 12.6. The molecule has 3 rings (SSSR count). The monoisotopic (exact) mass is 452 g/mol. The van der Waals surface area contributed by atoms with Gasteiger partial charge in [0.05, 0.1) is 11.5 Å². The zero-order valence-electron chi connectivity index (χ0n) is 18.7. The molecule has 0 bridgehead atoms. The van der Waals surface area contributed by atoms with Crippen LogP contribution in [0.5, 0.6) is 0 Å². The number of benzene rings is 2. The third kappa shape index (κ3) is 6.43. The molecule has 0 aliphatic carbocycles. The second-order valence-corrected chi connectivity index (χ2v) is 8.33. The Morgan fingerprint density at radius 2 is 1.79 bits per heavy atom. The summed E-state index contributed by atoms with van der Waals surface area (Å²) in [6.45, 7) is 1.92. The summed E-state index contributed by atoms with van der Waals surface area (Å²) in [6.07, 6.45) is 0.870. The average molecular weight is 453 g/mol. The fraction of sp³-hybridized carbons (Fsp3) is 0.320. The minimum atomic E-state index is -1.11. The lowest BCUT2D eigenvalue weighted by molar-refractivity contribution is -0.149. The first kappa shape index (κ1) is 24.0. The van der Waals surface area contributed by atoms with Gasteiger partial charge in [0.2, 0.25) is 5.76 Å². The second kappa shape index (κ2) is 10.8. The largest absolute Gasteiger partial charge is 0.481 e. The molecule has 1 amide bonds. The van der Waals surface area contributed by atoms with Gasteiger partial charge in [-0.3, -0.25) is 14.4 Å². The van der Waals surface area contributed by atoms with Crippen LogP contribution in [0.25, 0.3) is 11.1 Å². The van der Waals surface area contributed by atoms with E-state index in [9.17, 15) is 19.5 Å². The van der Waals surface area contributed by atoms with Crippen molar-refractivity contribution in [2.24, 2.45) is 5.41 Å². The van der Waals surface area contributed by atoms with Crippen molar-refractivity contribution in [1.29, 1.82) is 0 Å². The number of carboxylic acids is 1. The van der Waals surface area contributed by atoms with Gasteiger partial charge >= 0.3 is 5.97 Å². The van der Waals surface area contributed by atoms with Gasteiger partial charge in [0.1, 0.15) is 0 Å². The van der Waals surface area contributed by atoms with Gasteiger partial charge in [0.25, 0.3) is 11.5 Å². The zero-order chi connectivity index (χ0) is 23.8. The number of aromatic nitrogens is 1. The molecule has 33 heavy (non-hydrogen) atoms. The highest BCUT2D eigenvalue weighted by molar-refractivity contribution is 5.91. The Hall–Kier alpha value is -3.65. The minimum absolute atomic E-state index is 0.154. The summed E-state index contributed by atoms with van der Waals surface area (Å²) in [5.74, 6) is -1.71. The second-order valence-electron chi connectivity index (χ2n) is 8.33. The van der Waals surface area contributed by atoms with Crippen LogP contribution < -0.4 is 10.9 Å². The molecular weight excluding hydrogens is 424 g/mol. The average Bonchev–Trinajstić information content (AvgIpc) is 3.25. The van der Waals surface area contributed by atoms with E-state index in [0.29, 0.717) is 6.42 Å². The molecule has 174 valence electrons. The van der Waals surface area contributed by atoms with Crippen LogP contribution in [0.1, 0.15) is 35.9 Å². The summed E-state index contributed by atoms with van der Waals surface area (Å²) in [5.41, 5.74) is 1.45. The first-order chi connectivity index (χ1) is 15.8. The molecule has 0 aliphatic rings. The number of H-pyrrole nitrogens is 1. The molecule has 0 spiro atoms. The summed E-state index contributed by atoms with van der Waals surface area (Å²) in [5, 5.41) is 14.8. The normalized spacial score (nSPS) is 13.8. The number of ether oxygens (including phenoxy) is 1. The third-order valence-electron chi connectivity index (χ3n) is 5.70. The Morgan fingerprint density at radius 1 is 1.12 bits per heavy atom. The molecule has 3 aromatic rings. The van der Waals surface area contributed by atoms with Crippen molar-refractivity contribution in [3.63, 3.8) is 0 Å². The van der Waals surface area contributed by atoms with E-state index < -0.39 is 28.9 Å². The van der Waals surface area contributed by atoms with Crippen molar-refractivity contribution in [2.45, 2.75) is 32.2 Å². The van der Waals surface area contributed by atoms with Crippen LogP contribution in [0.15, 0.2) is 70.0 Å². The number of carbonyl (C=O) groups excluding carboxylic acids is 1. The van der Waals surface area contributed by atoms with Crippen LogP contribution >= 0.6 is 0 Å². The first-order valence-electron chi connectivity index (χ1n) is 10.7. The Balaban J connectivity index is 1.81. The lowest BCUT2D eigenvalue weighted by Gasteiger charge is -2.30. The predicted molar refractivity (Wildman–Crippen MR) is 123 cm³/mol. The summed E-state index contributed by atoms with van der Waals surface area (Å²) in [4.78, 5) is 36.0. The van der Waals surface area contributed by atoms with E-state index in [0.717, 1.165) is 22.8 Å². The van der Waals surface area contributed by atoms with Crippen molar-refractivity contribution in [3.8, 4) is 11.1 Å². The SMILES string of the molecule is COCC[C@](C)(C[C@@H](Cc1ccc(-c2ccccc2)cc1)NC(=O)c1cc(=O)[nH]o1)C(=O)O. The van der Waals surface area contributed by atoms with E-state index in [1.807, 2.05) is 54.6 Å². The molecule has 0 radical (unpaired) electrons. The summed E-state index contributed by atoms with van der Waals surface area (Å²) >= 11 is 0. The quantitative estimate of drug-likeness (QED) is 0.409. The van der Waals surface area contributed by atoms with Crippen molar-refractivity contribution >= 4 is 11.9 Å². The molecule has 0 saturated heterocycles. The van der Waals surface area contributed by atoms with Crippen LogP contribution in [0.3, 0.4) is 0 Å². The molecular formula is C25H28N2O6. The standard InChI is InChI=1S/C25H28N2O6/c1-25(24(30)31,12-13-32-2)16-20(26-23(29)21-15-22(28)27-33-21)14-17-8-10-19(11-9-17)18-6-4-3-5-7-18/h3-11,15,20H,12-14,16H2,1-2H3,(H,26,29)(H,27,28)(H,30,31)/t20-,25-/m1/s1. The van der Waals surface area contributed by atoms with E-state index in [4.69, 9.17) is 9.26 Å². The van der Waals surface area contributed by atoms with Crippen molar-refractivity contribution in [1.82, 2.24) is 10.5 Å². The van der Waals surface area contributed by atoms with Gasteiger partial charge in [-0.15, -0.1) is 0 Å². The number of amides is 1. The first-order valence-corrected chi connectivity index (χ1v) is 10.7. The molecule has 8 nitrogen and oxygen atoms in total. The van der Waals surface area contributed by atoms with Gasteiger partial charge in [-0.1, -0.05) is 54.6 Å². The highest BCUT2D eigenvalue weighted by atomic mass is 16.5. The predicted octanol–water partition coefficient (Wildman–Crippen LogP) is 3.49. The van der Waals surface area contributed by atoms with Crippen molar-refractivity contribution in [3.05, 3.63) is 82.3 Å². The fourth-order valence-electron chi connectivity index (χ4n) is 3.74. The Bertz CT molecular complexity index is 1120. The number of methoxy groups -OCH3 is 1. The molecule has 1 aromatic heterocycles. The van der Waals surface area contributed by atoms with Gasteiger partial charge in [-0.05, 0) is 42.9 Å². The Morgan fingerprint density at radius 3 is 2.36 bits per heavy atom. The van der Waals surface area contributed by atoms with E-state index >= 15 is 0 Å². The number of hydrogen-bond donors (Lipinski definition) is 3. The Kier molecular flexibility index (Phi) is 7.84. The smallest absolute Gasteiger partial charge is 0.309 e. The maximum Gasteiger partial charge on any atom is 0.309 e. The molecule has 0 saturated carbocycles. The van der Waals surface area contributed by atoms with Crippen molar-refractivity contribution < 1.29 is 24.0 Å². The van der Waals surface area contributed by atoms with Crippen LogP contribution in [0.2, 0.25) is 0 Å². The molecule has 3 N–H and O–H groups in total. The number of nitrogens with one attached hydrogen (secondary N) is 2. The van der Waals surface area contributed by atoms with Gasteiger partial charge in [-0.2, -0.15) is 5.16 Å². The lowest BCUT2D eigenvalue weighted by Crippen LogP contribution is -2.43. The highest BCUT2D eigenvalue weighted by Crippen LogP contribution is 2.30. The number of carbonyl (C=O) groups is 2. The number of aromatic amines is 1. The van der Waals surface area contributed by atoms with Crippen molar-refractivity contribution in [2.75, 3.05) is 13.7 Å². The minimum Gasteiger partial charge on any atom is -0.481 e. The summed E-state index contributed by atoms with van der Waals surface area (Å²) in [6, 6.07) is 18.4. The molecule has 1 heterocycles. The third-order valence-corrected chi connectivity index (χ3v) is 5.70. The summed E-state index contributed by atoms with van der Waals surface area (Å²) in [7, 11) is 1.52. The number of carboxylic acid groups (broad SMARTS) is 1.